The zero-order valence-corrected chi connectivity index (χ0v) is 17.5. The van der Waals surface area contributed by atoms with Gasteiger partial charge < -0.3 is 55.8 Å². The minimum Gasteiger partial charge on any atom is -0.362 e. The van der Waals surface area contributed by atoms with Gasteiger partial charge in [0, 0.05) is 26.0 Å². The fourth-order valence-corrected chi connectivity index (χ4v) is 1.48. The van der Waals surface area contributed by atoms with E-state index in [-0.39, 0.29) is 35.6 Å². The minimum atomic E-state index is -1.75. The molecule has 0 aromatic heterocycles. The maximum Gasteiger partial charge on any atom is 3.00 e. The van der Waals surface area contributed by atoms with Gasteiger partial charge in [-0.1, -0.05) is 26.2 Å². The maximum atomic E-state index is 8.25. The normalized spacial score (nSPS) is 10.6. The topological polar surface area (TPSA) is 205 Å². The number of nitrogens with zero attached hydrogens (tertiary/aromatic N) is 5. The van der Waals surface area contributed by atoms with Gasteiger partial charge in [0.15, 0.2) is 0 Å². The number of hydrogen-bond donors (Lipinski definition) is 0. The number of hydrogen-bond acceptors (Lipinski definition) is 11. The summed E-state index contributed by atoms with van der Waals surface area (Å²) >= 11 is 0. The quantitative estimate of drug-likeness (QED) is 0.305. The summed E-state index contributed by atoms with van der Waals surface area (Å²) in [6.07, 6.45) is 9.76. The third kappa shape index (κ3) is 52.0. The summed E-state index contributed by atoms with van der Waals surface area (Å²) in [5.41, 5.74) is 0. The molecule has 0 fully saturated rings. The second-order valence-electron chi connectivity index (χ2n) is 4.24. The summed E-state index contributed by atoms with van der Waals surface area (Å²) in [6.45, 7) is 4.55. The van der Waals surface area contributed by atoms with Crippen molar-refractivity contribution in [2.45, 2.75) is 32.6 Å². The molecule has 142 valence electrons. The number of rotatable bonds is 5. The Hall–Kier alpha value is -1.87. The molecule has 0 saturated carbocycles. The van der Waals surface area contributed by atoms with Crippen LogP contribution in [0.3, 0.4) is 0 Å². The molecule has 0 aromatic carbocycles. The molecule has 0 atom stereocenters. The van der Waals surface area contributed by atoms with Crippen molar-refractivity contribution in [3.05, 3.63) is 58.4 Å². The third-order valence-corrected chi connectivity index (χ3v) is 2.24. The molecule has 0 bridgehead atoms. The first kappa shape index (κ1) is 31.0. The Balaban J connectivity index is -0.000000142. The van der Waals surface area contributed by atoms with Gasteiger partial charge in [0.05, 0.1) is 21.9 Å². The molecule has 1 heterocycles. The molecule has 0 unspecified atom stereocenters. The Kier molecular flexibility index (Phi) is 27.4. The van der Waals surface area contributed by atoms with Crippen LogP contribution in [0.25, 0.3) is 0 Å². The third-order valence-electron chi connectivity index (χ3n) is 2.24. The molecule has 0 N–H and O–H groups in total. The smallest absolute Gasteiger partial charge is 0.362 e. The van der Waals surface area contributed by atoms with Gasteiger partial charge in [0.1, 0.15) is 0 Å². The standard InChI is InChI=1S/C10H20N2.La.3NO3/c1-3-4-5-6-7-12-9-8-11(2)10-12;;3*2-1(3)4/h8-9H,3-7,10H2,1-2H3;;;;/q;+3;3*-1. The van der Waals surface area contributed by atoms with Crippen molar-refractivity contribution < 1.29 is 50.9 Å². The average molecular weight is 493 g/mol. The van der Waals surface area contributed by atoms with E-state index in [1.165, 1.54) is 32.2 Å². The van der Waals surface area contributed by atoms with E-state index in [1.54, 1.807) is 0 Å². The van der Waals surface area contributed by atoms with Crippen LogP contribution in [0.1, 0.15) is 32.6 Å². The van der Waals surface area contributed by atoms with E-state index in [2.05, 4.69) is 36.2 Å². The molecule has 1 aliphatic heterocycles. The zero-order valence-electron chi connectivity index (χ0n) is 13.9. The van der Waals surface area contributed by atoms with Crippen molar-refractivity contribution in [2.24, 2.45) is 0 Å². The fraction of sp³-hybridized carbons (Fsp3) is 0.800. The van der Waals surface area contributed by atoms with Crippen LogP contribution in [-0.2, 0) is 0 Å². The van der Waals surface area contributed by atoms with E-state index in [9.17, 15) is 0 Å². The van der Waals surface area contributed by atoms with E-state index in [4.69, 9.17) is 46.0 Å². The van der Waals surface area contributed by atoms with Crippen molar-refractivity contribution in [1.29, 1.82) is 0 Å². The van der Waals surface area contributed by atoms with Gasteiger partial charge in [-0.3, -0.25) is 0 Å². The molecule has 14 nitrogen and oxygen atoms in total. The van der Waals surface area contributed by atoms with Gasteiger partial charge in [-0.25, -0.2) is 0 Å². The first-order valence-corrected chi connectivity index (χ1v) is 6.60. The maximum absolute atomic E-state index is 8.25. The van der Waals surface area contributed by atoms with Crippen molar-refractivity contribution in [3.63, 3.8) is 0 Å². The monoisotopic (exact) mass is 493 g/mol. The van der Waals surface area contributed by atoms with Gasteiger partial charge in [-0.2, -0.15) is 0 Å². The minimum absolute atomic E-state index is 0. The molecule has 0 aromatic rings. The SMILES string of the molecule is CCCCCCN1C=CN(C)C1.O=[N+]([O-])[O-].O=[N+]([O-])[O-].O=[N+]([O-])[O-].[La+3]. The van der Waals surface area contributed by atoms with Crippen LogP contribution in [0.4, 0.5) is 0 Å². The van der Waals surface area contributed by atoms with E-state index >= 15 is 0 Å². The molecule has 1 rings (SSSR count). The van der Waals surface area contributed by atoms with Crippen LogP contribution in [0.15, 0.2) is 12.4 Å². The molecule has 25 heavy (non-hydrogen) atoms. The molecule has 1 aliphatic rings. The second kappa shape index (κ2) is 22.1. The molecule has 0 amide bonds. The predicted molar refractivity (Wildman–Crippen MR) is 83.7 cm³/mol. The number of unbranched alkanes of at least 4 members (excludes halogenated alkanes) is 3. The van der Waals surface area contributed by atoms with E-state index in [0.29, 0.717) is 0 Å². The summed E-state index contributed by atoms with van der Waals surface area (Å²) in [7, 11) is 2.11. The van der Waals surface area contributed by atoms with E-state index in [1.807, 2.05) is 0 Å². The Morgan fingerprint density at radius 3 is 1.52 bits per heavy atom. The van der Waals surface area contributed by atoms with Crippen LogP contribution >= 0.6 is 0 Å². The summed E-state index contributed by atoms with van der Waals surface area (Å²) < 4.78 is 0. The van der Waals surface area contributed by atoms with E-state index < -0.39 is 15.3 Å². The largest absolute Gasteiger partial charge is 3.00 e. The van der Waals surface area contributed by atoms with Gasteiger partial charge in [0.2, 0.25) is 0 Å². The Bertz CT molecular complexity index is 345. The van der Waals surface area contributed by atoms with Crippen LogP contribution in [-0.4, -0.2) is 45.3 Å². The van der Waals surface area contributed by atoms with Gasteiger partial charge in [-0.05, 0) is 6.42 Å². The van der Waals surface area contributed by atoms with Crippen LogP contribution in [0, 0.1) is 81.6 Å². The van der Waals surface area contributed by atoms with Crippen molar-refractivity contribution in [1.82, 2.24) is 9.80 Å². The van der Waals surface area contributed by atoms with Crippen molar-refractivity contribution >= 4 is 0 Å². The van der Waals surface area contributed by atoms with Crippen LogP contribution < -0.4 is 0 Å². The first-order valence-electron chi connectivity index (χ1n) is 6.60. The molecule has 0 radical (unpaired) electrons. The molecule has 0 spiro atoms. The van der Waals surface area contributed by atoms with Crippen LogP contribution in [0.5, 0.6) is 0 Å². The Morgan fingerprint density at radius 1 is 0.840 bits per heavy atom. The van der Waals surface area contributed by atoms with Gasteiger partial charge in [-0.15, -0.1) is 0 Å². The Labute approximate surface area is 171 Å². The molecule has 0 saturated heterocycles. The van der Waals surface area contributed by atoms with Crippen molar-refractivity contribution in [2.75, 3.05) is 20.3 Å². The predicted octanol–water partition coefficient (Wildman–Crippen LogP) is 1.53. The molecule has 0 aliphatic carbocycles. The van der Waals surface area contributed by atoms with Gasteiger partial charge in [0.25, 0.3) is 0 Å². The summed E-state index contributed by atoms with van der Waals surface area (Å²) in [5, 5.41) is 44.2. The van der Waals surface area contributed by atoms with Crippen molar-refractivity contribution in [3.8, 4) is 0 Å². The fourth-order valence-electron chi connectivity index (χ4n) is 1.48. The first-order chi connectivity index (χ1) is 11.0. The summed E-state index contributed by atoms with van der Waals surface area (Å²) in [5.74, 6) is 0. The van der Waals surface area contributed by atoms with E-state index in [0.717, 1.165) is 6.67 Å². The Morgan fingerprint density at radius 2 is 1.24 bits per heavy atom. The summed E-state index contributed by atoms with van der Waals surface area (Å²) in [4.78, 5) is 29.3. The van der Waals surface area contributed by atoms with Gasteiger partial charge >= 0.3 is 35.6 Å². The average Bonchev–Trinajstić information content (AvgIpc) is 2.78. The molecular formula is C10H20LaN5O9. The summed E-state index contributed by atoms with van der Waals surface area (Å²) in [6, 6.07) is 0. The zero-order chi connectivity index (χ0) is 19.5. The molecule has 15 heteroatoms. The molecular weight excluding hydrogens is 473 g/mol. The van der Waals surface area contributed by atoms with Crippen LogP contribution in [0.2, 0.25) is 0 Å². The second-order valence-corrected chi connectivity index (χ2v) is 4.24.